The lowest BCUT2D eigenvalue weighted by molar-refractivity contribution is 0.205. The maximum atomic E-state index is 12.5. The van der Waals surface area contributed by atoms with Gasteiger partial charge in [-0.05, 0) is 48.8 Å². The van der Waals surface area contributed by atoms with Gasteiger partial charge >= 0.3 is 6.03 Å². The highest BCUT2D eigenvalue weighted by atomic mass is 32.1. The lowest BCUT2D eigenvalue weighted by atomic mass is 10.1. The zero-order valence-corrected chi connectivity index (χ0v) is 16.2. The second-order valence-corrected chi connectivity index (χ2v) is 7.91. The molecule has 0 unspecified atom stereocenters. The smallest absolute Gasteiger partial charge is 0.317 e. The van der Waals surface area contributed by atoms with E-state index in [2.05, 4.69) is 25.7 Å². The number of rotatable bonds is 5. The minimum atomic E-state index is -0.118. The summed E-state index contributed by atoms with van der Waals surface area (Å²) in [7, 11) is 1.78. The number of urea groups is 1. The molecule has 0 saturated heterocycles. The average molecular weight is 385 g/mol. The summed E-state index contributed by atoms with van der Waals surface area (Å²) in [6.07, 6.45) is 5.77. The van der Waals surface area contributed by atoms with Gasteiger partial charge in [0.1, 0.15) is 5.69 Å². The maximum Gasteiger partial charge on any atom is 0.317 e. The summed E-state index contributed by atoms with van der Waals surface area (Å²) in [4.78, 5) is 15.2. The topological polar surface area (TPSA) is 89.7 Å². The molecule has 1 aliphatic carbocycles. The van der Waals surface area contributed by atoms with Crippen LogP contribution in [0.2, 0.25) is 0 Å². The van der Waals surface area contributed by atoms with Gasteiger partial charge in [-0.25, -0.2) is 4.79 Å². The monoisotopic (exact) mass is 384 g/mol. The van der Waals surface area contributed by atoms with Crippen molar-refractivity contribution in [2.24, 2.45) is 0 Å². The number of fused-ring (bicyclic) bond motifs is 1. The van der Waals surface area contributed by atoms with E-state index in [1.165, 1.54) is 30.5 Å². The van der Waals surface area contributed by atoms with Gasteiger partial charge in [0.15, 0.2) is 0 Å². The zero-order chi connectivity index (χ0) is 18.6. The molecule has 0 spiro atoms. The third-order valence-corrected chi connectivity index (χ3v) is 5.85. The molecule has 7 nitrogen and oxygen atoms in total. The van der Waals surface area contributed by atoms with Crippen molar-refractivity contribution in [3.63, 3.8) is 0 Å². The number of carbonyl (C=O) groups is 1. The second-order valence-electron chi connectivity index (χ2n) is 6.96. The molecule has 142 valence electrons. The number of aryl methyl sites for hydroxylation is 1. The third-order valence-electron chi connectivity index (χ3n) is 4.96. The Kier molecular flexibility index (Phi) is 5.24. The normalized spacial score (nSPS) is 13.8. The molecule has 3 heterocycles. The van der Waals surface area contributed by atoms with E-state index >= 15 is 0 Å². The van der Waals surface area contributed by atoms with E-state index in [0.29, 0.717) is 13.1 Å². The standard InChI is InChI=1S/C19H24N6OS/c1-25(12-13-10-16(23-21-13)18-8-5-9-27-18)19(26)20-11-17-14-6-3-2-4-7-15(14)22-24-17/h5,8-10H,2-4,6-7,11-12H2,1H3,(H,20,26)(H,21,23)(H,22,24). The lowest BCUT2D eigenvalue weighted by Gasteiger charge is -2.16. The molecule has 4 rings (SSSR count). The first kappa shape index (κ1) is 17.8. The fourth-order valence-electron chi connectivity index (χ4n) is 3.49. The van der Waals surface area contributed by atoms with Crippen molar-refractivity contribution in [3.05, 3.63) is 46.2 Å². The fraction of sp³-hybridized carbons (Fsp3) is 0.421. The highest BCUT2D eigenvalue weighted by Crippen LogP contribution is 2.23. The molecule has 3 aromatic heterocycles. The van der Waals surface area contributed by atoms with Crippen molar-refractivity contribution in [3.8, 4) is 10.6 Å². The average Bonchev–Trinajstić information content (AvgIpc) is 3.39. The van der Waals surface area contributed by atoms with Crippen LogP contribution in [0.5, 0.6) is 0 Å². The Morgan fingerprint density at radius 1 is 1.26 bits per heavy atom. The summed E-state index contributed by atoms with van der Waals surface area (Å²) >= 11 is 1.65. The van der Waals surface area contributed by atoms with Gasteiger partial charge in [0.2, 0.25) is 0 Å². The summed E-state index contributed by atoms with van der Waals surface area (Å²) < 4.78 is 0. The minimum absolute atomic E-state index is 0.118. The number of aromatic nitrogens is 4. The molecule has 0 aliphatic heterocycles. The Morgan fingerprint density at radius 2 is 2.15 bits per heavy atom. The number of hydrogen-bond donors (Lipinski definition) is 3. The summed E-state index contributed by atoms with van der Waals surface area (Å²) in [5.74, 6) is 0. The van der Waals surface area contributed by atoms with E-state index in [9.17, 15) is 4.79 Å². The van der Waals surface area contributed by atoms with Gasteiger partial charge in [0.25, 0.3) is 0 Å². The fourth-order valence-corrected chi connectivity index (χ4v) is 4.17. The molecular weight excluding hydrogens is 360 g/mol. The second kappa shape index (κ2) is 7.96. The van der Waals surface area contributed by atoms with Crippen LogP contribution in [0, 0.1) is 0 Å². The number of amides is 2. The summed E-state index contributed by atoms with van der Waals surface area (Å²) in [6.45, 7) is 0.932. The Labute approximate surface area is 162 Å². The number of carbonyl (C=O) groups excluding carboxylic acids is 1. The number of aromatic amines is 2. The first-order valence-corrected chi connectivity index (χ1v) is 10.2. The van der Waals surface area contributed by atoms with Crippen molar-refractivity contribution in [1.82, 2.24) is 30.6 Å². The van der Waals surface area contributed by atoms with Crippen molar-refractivity contribution in [2.75, 3.05) is 7.05 Å². The van der Waals surface area contributed by atoms with Crippen molar-refractivity contribution >= 4 is 17.4 Å². The van der Waals surface area contributed by atoms with Crippen LogP contribution in [0.15, 0.2) is 23.6 Å². The number of H-pyrrole nitrogens is 2. The molecule has 0 atom stereocenters. The van der Waals surface area contributed by atoms with E-state index in [4.69, 9.17) is 0 Å². The Morgan fingerprint density at radius 3 is 3.00 bits per heavy atom. The Bertz CT molecular complexity index is 897. The maximum absolute atomic E-state index is 12.5. The first-order chi connectivity index (χ1) is 13.2. The molecular formula is C19H24N6OS. The van der Waals surface area contributed by atoms with E-state index in [1.807, 2.05) is 23.6 Å². The molecule has 2 amide bonds. The first-order valence-electron chi connectivity index (χ1n) is 9.33. The molecule has 8 heteroatoms. The molecule has 0 saturated carbocycles. The summed E-state index contributed by atoms with van der Waals surface area (Å²) in [6, 6.07) is 5.91. The summed E-state index contributed by atoms with van der Waals surface area (Å²) in [5.41, 5.74) is 5.32. The van der Waals surface area contributed by atoms with Gasteiger partial charge in [0.05, 0.1) is 29.4 Å². The van der Waals surface area contributed by atoms with Crippen LogP contribution in [-0.2, 0) is 25.9 Å². The molecule has 0 fully saturated rings. The van der Waals surface area contributed by atoms with Crippen LogP contribution >= 0.6 is 11.3 Å². The van der Waals surface area contributed by atoms with Crippen LogP contribution < -0.4 is 5.32 Å². The van der Waals surface area contributed by atoms with E-state index in [-0.39, 0.29) is 6.03 Å². The van der Waals surface area contributed by atoms with Crippen molar-refractivity contribution < 1.29 is 4.79 Å². The van der Waals surface area contributed by atoms with Gasteiger partial charge in [0, 0.05) is 12.7 Å². The third kappa shape index (κ3) is 4.05. The van der Waals surface area contributed by atoms with Gasteiger partial charge in [-0.2, -0.15) is 10.2 Å². The lowest BCUT2D eigenvalue weighted by Crippen LogP contribution is -2.36. The number of nitrogens with one attached hydrogen (secondary N) is 3. The quantitative estimate of drug-likeness (QED) is 0.588. The molecule has 3 N–H and O–H groups in total. The minimum Gasteiger partial charge on any atom is -0.332 e. The Balaban J connectivity index is 1.33. The van der Waals surface area contributed by atoms with Crippen LogP contribution in [0.4, 0.5) is 4.79 Å². The van der Waals surface area contributed by atoms with E-state index < -0.39 is 0 Å². The van der Waals surface area contributed by atoms with Crippen LogP contribution in [0.25, 0.3) is 10.6 Å². The van der Waals surface area contributed by atoms with Crippen molar-refractivity contribution in [2.45, 2.75) is 45.2 Å². The number of nitrogens with zero attached hydrogens (tertiary/aromatic N) is 3. The summed E-state index contributed by atoms with van der Waals surface area (Å²) in [5, 5.41) is 19.9. The molecule has 0 radical (unpaired) electrons. The molecule has 1 aliphatic rings. The zero-order valence-electron chi connectivity index (χ0n) is 15.4. The van der Waals surface area contributed by atoms with E-state index in [1.54, 1.807) is 23.3 Å². The Hall–Kier alpha value is -2.61. The molecule has 0 bridgehead atoms. The van der Waals surface area contributed by atoms with Gasteiger partial charge in [-0.1, -0.05) is 12.5 Å². The molecule has 3 aromatic rings. The van der Waals surface area contributed by atoms with Crippen molar-refractivity contribution in [1.29, 1.82) is 0 Å². The van der Waals surface area contributed by atoms with E-state index in [0.717, 1.165) is 34.8 Å². The van der Waals surface area contributed by atoms with Crippen LogP contribution in [-0.4, -0.2) is 38.4 Å². The van der Waals surface area contributed by atoms with Crippen LogP contribution in [0.3, 0.4) is 0 Å². The molecule has 0 aromatic carbocycles. The highest BCUT2D eigenvalue weighted by molar-refractivity contribution is 7.13. The largest absolute Gasteiger partial charge is 0.332 e. The predicted octanol–water partition coefficient (Wildman–Crippen LogP) is 3.47. The van der Waals surface area contributed by atoms with Gasteiger partial charge in [-0.15, -0.1) is 11.3 Å². The predicted molar refractivity (Wildman–Crippen MR) is 105 cm³/mol. The van der Waals surface area contributed by atoms with Gasteiger partial charge < -0.3 is 10.2 Å². The highest BCUT2D eigenvalue weighted by Gasteiger charge is 2.17. The van der Waals surface area contributed by atoms with Crippen LogP contribution in [0.1, 0.15) is 41.9 Å². The number of hydrogen-bond acceptors (Lipinski definition) is 4. The van der Waals surface area contributed by atoms with Gasteiger partial charge in [-0.3, -0.25) is 10.2 Å². The molecule has 27 heavy (non-hydrogen) atoms. The SMILES string of the molecule is CN(Cc1cc(-c2cccs2)n[nH]1)C(=O)NCc1n[nH]c2c1CCCCC2. The number of thiophene rings is 1.